The van der Waals surface area contributed by atoms with E-state index < -0.39 is 8.07 Å². The van der Waals surface area contributed by atoms with Gasteiger partial charge in [-0.3, -0.25) is 6.08 Å². The van der Waals surface area contributed by atoms with Crippen LogP contribution in [0.2, 0.25) is 13.1 Å². The third kappa shape index (κ3) is 4.49. The zero-order chi connectivity index (χ0) is 13.9. The average molecular weight is 392 g/mol. The molecule has 0 heterocycles. The summed E-state index contributed by atoms with van der Waals surface area (Å²) < 4.78 is 6.46. The molecule has 1 radical (unpaired) electrons. The van der Waals surface area contributed by atoms with E-state index in [1.54, 1.807) is 0 Å². The van der Waals surface area contributed by atoms with E-state index in [1.807, 2.05) is 0 Å². The molecule has 0 spiro atoms. The first-order valence-corrected chi connectivity index (χ1v) is 10.3. The van der Waals surface area contributed by atoms with Gasteiger partial charge in [-0.1, -0.05) is 38.2 Å². The number of halogens is 2. The molecule has 0 aromatic rings. The Kier molecular flexibility index (Phi) is 11.6. The summed E-state index contributed by atoms with van der Waals surface area (Å²) >= 11 is 0. The molecular formula is C17H25Cl2OSiTi. The molecule has 1 nitrogen and oxygen atoms in total. The van der Waals surface area contributed by atoms with E-state index in [2.05, 4.69) is 63.4 Å². The Morgan fingerprint density at radius 2 is 1.95 bits per heavy atom. The number of hydrogen-bond donors (Lipinski definition) is 0. The Hall–Kier alpha value is 0.431. The fourth-order valence-electron chi connectivity index (χ4n) is 3.17. The Balaban J connectivity index is 0. The number of hydrogen-bond acceptors (Lipinski definition) is 1. The topological polar surface area (TPSA) is 9.23 Å². The summed E-state index contributed by atoms with van der Waals surface area (Å²) in [6.45, 7) is 10.1. The standard InChI is InChI=1S/C17H25OSi.2ClH.Ti/c1-5-14-18-17(13-9-8-10-15(17)2)19(3,4)16-11-6-7-12-16;;;/h6,8-11H,5,7,13-14H2,1-4H3;2*1H;/q-1;;;+3/p-2. The zero-order valence-corrected chi connectivity index (χ0v) is 18.0. The van der Waals surface area contributed by atoms with Gasteiger partial charge in [-0.15, -0.1) is 6.42 Å². The van der Waals surface area contributed by atoms with E-state index in [-0.39, 0.29) is 51.8 Å². The van der Waals surface area contributed by atoms with Gasteiger partial charge in [0.2, 0.25) is 0 Å². The molecule has 0 fully saturated rings. The van der Waals surface area contributed by atoms with Crippen molar-refractivity contribution in [2.75, 3.05) is 6.61 Å². The quantitative estimate of drug-likeness (QED) is 0.411. The first-order valence-electron chi connectivity index (χ1n) is 7.30. The normalized spacial score (nSPS) is 22.9. The maximum absolute atomic E-state index is 6.46. The largest absolute Gasteiger partial charge is 3.00 e. The summed E-state index contributed by atoms with van der Waals surface area (Å²) in [4.78, 5) is 0. The molecule has 5 heteroatoms. The second-order valence-electron chi connectivity index (χ2n) is 5.98. The molecular weight excluding hydrogens is 367 g/mol. The van der Waals surface area contributed by atoms with Crippen LogP contribution in [0.3, 0.4) is 0 Å². The van der Waals surface area contributed by atoms with Crippen molar-refractivity contribution in [1.82, 2.24) is 0 Å². The van der Waals surface area contributed by atoms with Gasteiger partial charge in [-0.25, -0.2) is 11.3 Å². The van der Waals surface area contributed by atoms with E-state index >= 15 is 0 Å². The van der Waals surface area contributed by atoms with Gasteiger partial charge < -0.3 is 29.6 Å². The van der Waals surface area contributed by atoms with Crippen molar-refractivity contribution in [1.29, 1.82) is 0 Å². The van der Waals surface area contributed by atoms with Crippen molar-refractivity contribution >= 4 is 8.07 Å². The summed E-state index contributed by atoms with van der Waals surface area (Å²) in [5.74, 6) is 0. The van der Waals surface area contributed by atoms with Crippen LogP contribution in [-0.2, 0) is 26.5 Å². The average Bonchev–Trinajstić information content (AvgIpc) is 2.92. The van der Waals surface area contributed by atoms with Crippen LogP contribution in [0.25, 0.3) is 0 Å². The van der Waals surface area contributed by atoms with Gasteiger partial charge in [0, 0.05) is 6.61 Å². The van der Waals surface area contributed by atoms with Gasteiger partial charge >= 0.3 is 21.7 Å². The minimum Gasteiger partial charge on any atom is -1.00 e. The van der Waals surface area contributed by atoms with Crippen molar-refractivity contribution in [2.45, 2.75) is 51.4 Å². The van der Waals surface area contributed by atoms with Crippen LogP contribution in [-0.4, -0.2) is 19.9 Å². The van der Waals surface area contributed by atoms with Crippen LogP contribution in [0, 0.1) is 6.08 Å². The molecule has 121 valence electrons. The van der Waals surface area contributed by atoms with Gasteiger partial charge in [0.05, 0.1) is 13.3 Å². The predicted molar refractivity (Wildman–Crippen MR) is 84.5 cm³/mol. The number of rotatable bonds is 5. The summed E-state index contributed by atoms with van der Waals surface area (Å²) in [6.07, 6.45) is 17.7. The van der Waals surface area contributed by atoms with Crippen LogP contribution in [0.5, 0.6) is 0 Å². The number of ether oxygens (including phenoxy) is 1. The Labute approximate surface area is 164 Å². The molecule has 22 heavy (non-hydrogen) atoms. The molecule has 0 aliphatic heterocycles. The van der Waals surface area contributed by atoms with Crippen LogP contribution < -0.4 is 24.8 Å². The monoisotopic (exact) mass is 391 g/mol. The minimum absolute atomic E-state index is 0. The SMILES string of the molecule is CCCOC1([Si](C)(C)C2=[C-]CC=C2)CC=CC=C1C.[Cl-].[Cl-].[Ti+3]. The molecule has 2 aliphatic rings. The molecule has 2 aliphatic carbocycles. The molecule has 0 aromatic heterocycles. The predicted octanol–water partition coefficient (Wildman–Crippen LogP) is -1.46. The van der Waals surface area contributed by atoms with E-state index in [1.165, 1.54) is 10.8 Å². The first kappa shape index (κ1) is 24.7. The van der Waals surface area contributed by atoms with Crippen LogP contribution in [0.15, 0.2) is 41.1 Å². The first-order chi connectivity index (χ1) is 9.04. The fraction of sp³-hybridized carbons (Fsp3) is 0.529. The number of allylic oxidation sites excluding steroid dienone is 6. The summed E-state index contributed by atoms with van der Waals surface area (Å²) in [5.41, 5.74) is 1.38. The summed E-state index contributed by atoms with van der Waals surface area (Å²) in [6, 6.07) is 0. The molecule has 1 atom stereocenters. The second kappa shape index (κ2) is 10.3. The van der Waals surface area contributed by atoms with Crippen LogP contribution in [0.4, 0.5) is 0 Å². The van der Waals surface area contributed by atoms with Gasteiger partial charge in [-0.05, 0) is 25.3 Å². The minimum atomic E-state index is -1.74. The second-order valence-corrected chi connectivity index (χ2v) is 10.6. The van der Waals surface area contributed by atoms with Crippen molar-refractivity contribution in [3.8, 4) is 0 Å². The summed E-state index contributed by atoms with van der Waals surface area (Å²) in [7, 11) is -1.74. The maximum Gasteiger partial charge on any atom is 3.00 e. The molecule has 2 rings (SSSR count). The van der Waals surface area contributed by atoms with E-state index in [0.717, 1.165) is 25.9 Å². The molecule has 0 amide bonds. The van der Waals surface area contributed by atoms with Crippen molar-refractivity contribution in [2.24, 2.45) is 0 Å². The van der Waals surface area contributed by atoms with Crippen molar-refractivity contribution in [3.05, 3.63) is 47.2 Å². The smallest absolute Gasteiger partial charge is 1.00 e. The fourth-order valence-corrected chi connectivity index (χ4v) is 6.84. The van der Waals surface area contributed by atoms with Gasteiger partial charge in [0.15, 0.2) is 0 Å². The van der Waals surface area contributed by atoms with E-state index in [9.17, 15) is 0 Å². The summed E-state index contributed by atoms with van der Waals surface area (Å²) in [5, 5.41) is 1.33. The van der Waals surface area contributed by atoms with Crippen molar-refractivity contribution in [3.63, 3.8) is 0 Å². The molecule has 1 unspecified atom stereocenters. The van der Waals surface area contributed by atoms with Crippen molar-refractivity contribution < 1.29 is 51.3 Å². The Morgan fingerprint density at radius 1 is 1.27 bits per heavy atom. The Bertz CT molecular complexity index is 469. The zero-order valence-electron chi connectivity index (χ0n) is 13.9. The molecule has 0 N–H and O–H groups in total. The molecule has 0 aromatic carbocycles. The van der Waals surface area contributed by atoms with Crippen LogP contribution >= 0.6 is 0 Å². The van der Waals surface area contributed by atoms with Gasteiger partial charge in [-0.2, -0.15) is 6.08 Å². The molecule has 0 saturated heterocycles. The van der Waals surface area contributed by atoms with Gasteiger partial charge in [0.1, 0.15) is 0 Å². The van der Waals surface area contributed by atoms with E-state index in [0.29, 0.717) is 0 Å². The van der Waals surface area contributed by atoms with Crippen LogP contribution in [0.1, 0.15) is 33.1 Å². The van der Waals surface area contributed by atoms with E-state index in [4.69, 9.17) is 4.74 Å². The molecule has 0 bridgehead atoms. The molecule has 0 saturated carbocycles. The third-order valence-electron chi connectivity index (χ3n) is 4.46. The third-order valence-corrected chi connectivity index (χ3v) is 8.91. The Morgan fingerprint density at radius 3 is 2.45 bits per heavy atom. The maximum atomic E-state index is 6.46. The van der Waals surface area contributed by atoms with Gasteiger partial charge in [0.25, 0.3) is 0 Å².